The van der Waals surface area contributed by atoms with E-state index in [1.54, 1.807) is 0 Å². The smallest absolute Gasteiger partial charge is 0.163 e. The minimum Gasteiger partial charge on any atom is -0.493 e. The average molecular weight is 200 g/mol. The zero-order valence-electron chi connectivity index (χ0n) is 8.21. The summed E-state index contributed by atoms with van der Waals surface area (Å²) >= 11 is 0. The van der Waals surface area contributed by atoms with Gasteiger partial charge in [-0.1, -0.05) is 0 Å². The van der Waals surface area contributed by atoms with Crippen molar-refractivity contribution < 1.29 is 19.0 Å². The summed E-state index contributed by atoms with van der Waals surface area (Å²) in [7, 11) is 2.93. The number of halogens is 1. The van der Waals surface area contributed by atoms with Gasteiger partial charge in [0, 0.05) is 12.7 Å². The van der Waals surface area contributed by atoms with E-state index in [1.165, 1.54) is 26.4 Å². The minimum atomic E-state index is -0.392. The second-order valence-corrected chi connectivity index (χ2v) is 2.77. The first kappa shape index (κ1) is 10.8. The first-order valence-electron chi connectivity index (χ1n) is 4.24. The Bertz CT molecular complexity index is 312. The van der Waals surface area contributed by atoms with E-state index in [0.29, 0.717) is 17.1 Å². The molecule has 0 unspecified atom stereocenters. The summed E-state index contributed by atoms with van der Waals surface area (Å²) in [4.78, 5) is 0. The zero-order chi connectivity index (χ0) is 10.6. The van der Waals surface area contributed by atoms with Crippen LogP contribution in [0.2, 0.25) is 0 Å². The van der Waals surface area contributed by atoms with E-state index in [9.17, 15) is 4.39 Å². The molecule has 1 aromatic rings. The van der Waals surface area contributed by atoms with Crippen LogP contribution in [0.25, 0.3) is 0 Å². The molecule has 4 heteroatoms. The van der Waals surface area contributed by atoms with Gasteiger partial charge in [0.2, 0.25) is 0 Å². The molecule has 1 N–H and O–H groups in total. The number of hydrogen-bond acceptors (Lipinski definition) is 3. The zero-order valence-corrected chi connectivity index (χ0v) is 8.21. The third-order valence-electron chi connectivity index (χ3n) is 1.93. The molecule has 1 aromatic carbocycles. The summed E-state index contributed by atoms with van der Waals surface area (Å²) in [5, 5.41) is 8.70. The highest BCUT2D eigenvalue weighted by molar-refractivity contribution is 5.43. The molecule has 0 atom stereocenters. The monoisotopic (exact) mass is 200 g/mol. The van der Waals surface area contributed by atoms with Crippen LogP contribution in [-0.4, -0.2) is 25.9 Å². The normalized spacial score (nSPS) is 10.0. The van der Waals surface area contributed by atoms with Crippen molar-refractivity contribution >= 4 is 0 Å². The Kier molecular flexibility index (Phi) is 3.71. The van der Waals surface area contributed by atoms with E-state index in [1.807, 2.05) is 0 Å². The van der Waals surface area contributed by atoms with Crippen molar-refractivity contribution in [1.29, 1.82) is 0 Å². The van der Waals surface area contributed by atoms with Gasteiger partial charge in [0.25, 0.3) is 0 Å². The van der Waals surface area contributed by atoms with Crippen LogP contribution in [0.3, 0.4) is 0 Å². The summed E-state index contributed by atoms with van der Waals surface area (Å²) in [5.41, 5.74) is 0.421. The third kappa shape index (κ3) is 2.14. The number of ether oxygens (including phenoxy) is 2. The molecule has 0 saturated carbocycles. The molecular weight excluding hydrogens is 187 g/mol. The number of benzene rings is 1. The maximum Gasteiger partial charge on any atom is 0.163 e. The number of hydrogen-bond donors (Lipinski definition) is 1. The molecule has 0 aromatic heterocycles. The van der Waals surface area contributed by atoms with Crippen molar-refractivity contribution in [3.05, 3.63) is 23.5 Å². The standard InChI is InChI=1S/C10H13FO3/c1-13-9-5-7(3-4-12)8(11)6-10(9)14-2/h5-6,12H,3-4H2,1-2H3. The molecule has 0 fully saturated rings. The summed E-state index contributed by atoms with van der Waals surface area (Å²) in [6.07, 6.45) is 0.270. The Hall–Kier alpha value is -1.29. The van der Waals surface area contributed by atoms with Gasteiger partial charge in [-0.25, -0.2) is 4.39 Å². The quantitative estimate of drug-likeness (QED) is 0.798. The Morgan fingerprint density at radius 2 is 1.79 bits per heavy atom. The van der Waals surface area contributed by atoms with E-state index in [-0.39, 0.29) is 13.0 Å². The van der Waals surface area contributed by atoms with Gasteiger partial charge in [-0.05, 0) is 18.1 Å². The van der Waals surface area contributed by atoms with Gasteiger partial charge in [-0.3, -0.25) is 0 Å². The molecular formula is C10H13FO3. The largest absolute Gasteiger partial charge is 0.493 e. The van der Waals surface area contributed by atoms with Crippen LogP contribution in [0.15, 0.2) is 12.1 Å². The fraction of sp³-hybridized carbons (Fsp3) is 0.400. The Balaban J connectivity index is 3.09. The molecule has 0 bridgehead atoms. The van der Waals surface area contributed by atoms with Crippen molar-refractivity contribution in [3.8, 4) is 11.5 Å². The fourth-order valence-electron chi connectivity index (χ4n) is 1.21. The van der Waals surface area contributed by atoms with Crippen molar-refractivity contribution in [1.82, 2.24) is 0 Å². The van der Waals surface area contributed by atoms with Crippen LogP contribution < -0.4 is 9.47 Å². The second kappa shape index (κ2) is 4.81. The molecule has 0 heterocycles. The molecule has 0 amide bonds. The Labute approximate surface area is 82.1 Å². The molecule has 0 radical (unpaired) electrons. The maximum absolute atomic E-state index is 13.3. The predicted octanol–water partition coefficient (Wildman–Crippen LogP) is 1.38. The Morgan fingerprint density at radius 1 is 1.21 bits per heavy atom. The van der Waals surface area contributed by atoms with E-state index in [0.717, 1.165) is 0 Å². The van der Waals surface area contributed by atoms with Crippen molar-refractivity contribution in [2.24, 2.45) is 0 Å². The van der Waals surface area contributed by atoms with Crippen molar-refractivity contribution in [3.63, 3.8) is 0 Å². The minimum absolute atomic E-state index is 0.0909. The number of rotatable bonds is 4. The number of aliphatic hydroxyl groups excluding tert-OH is 1. The van der Waals surface area contributed by atoms with Crippen LogP contribution in [0, 0.1) is 5.82 Å². The molecule has 1 rings (SSSR count). The summed E-state index contributed by atoms with van der Waals surface area (Å²) < 4.78 is 23.2. The number of methoxy groups -OCH3 is 2. The van der Waals surface area contributed by atoms with Crippen LogP contribution >= 0.6 is 0 Å². The topological polar surface area (TPSA) is 38.7 Å². The van der Waals surface area contributed by atoms with Gasteiger partial charge in [-0.2, -0.15) is 0 Å². The third-order valence-corrected chi connectivity index (χ3v) is 1.93. The predicted molar refractivity (Wildman–Crippen MR) is 50.3 cm³/mol. The van der Waals surface area contributed by atoms with Gasteiger partial charge < -0.3 is 14.6 Å². The summed E-state index contributed by atoms with van der Waals surface area (Å²) in [5.74, 6) is 0.431. The first-order chi connectivity index (χ1) is 6.72. The second-order valence-electron chi connectivity index (χ2n) is 2.77. The molecule has 78 valence electrons. The highest BCUT2D eigenvalue weighted by Gasteiger charge is 2.10. The van der Waals surface area contributed by atoms with E-state index in [2.05, 4.69) is 0 Å². The number of aliphatic hydroxyl groups is 1. The van der Waals surface area contributed by atoms with Crippen LogP contribution in [0.5, 0.6) is 11.5 Å². The lowest BCUT2D eigenvalue weighted by Crippen LogP contribution is -1.98. The lowest BCUT2D eigenvalue weighted by atomic mass is 10.1. The van der Waals surface area contributed by atoms with E-state index in [4.69, 9.17) is 14.6 Å². The van der Waals surface area contributed by atoms with Gasteiger partial charge in [0.05, 0.1) is 14.2 Å². The van der Waals surface area contributed by atoms with Gasteiger partial charge in [0.15, 0.2) is 11.5 Å². The van der Waals surface area contributed by atoms with Gasteiger partial charge in [-0.15, -0.1) is 0 Å². The van der Waals surface area contributed by atoms with Crippen molar-refractivity contribution in [2.75, 3.05) is 20.8 Å². The fourth-order valence-corrected chi connectivity index (χ4v) is 1.21. The molecule has 0 aliphatic carbocycles. The Morgan fingerprint density at radius 3 is 2.29 bits per heavy atom. The highest BCUT2D eigenvalue weighted by atomic mass is 19.1. The van der Waals surface area contributed by atoms with Crippen molar-refractivity contribution in [2.45, 2.75) is 6.42 Å². The lowest BCUT2D eigenvalue weighted by molar-refractivity contribution is 0.296. The van der Waals surface area contributed by atoms with Crippen LogP contribution in [-0.2, 0) is 6.42 Å². The molecule has 3 nitrogen and oxygen atoms in total. The summed E-state index contributed by atoms with van der Waals surface area (Å²) in [6.45, 7) is -0.0909. The highest BCUT2D eigenvalue weighted by Crippen LogP contribution is 2.29. The molecule has 0 saturated heterocycles. The van der Waals surface area contributed by atoms with Gasteiger partial charge >= 0.3 is 0 Å². The van der Waals surface area contributed by atoms with Gasteiger partial charge in [0.1, 0.15) is 5.82 Å². The molecule has 0 spiro atoms. The lowest BCUT2D eigenvalue weighted by Gasteiger charge is -2.09. The van der Waals surface area contributed by atoms with E-state index >= 15 is 0 Å². The average Bonchev–Trinajstić information content (AvgIpc) is 2.20. The van der Waals surface area contributed by atoms with Crippen LogP contribution in [0.1, 0.15) is 5.56 Å². The molecule has 14 heavy (non-hydrogen) atoms. The van der Waals surface area contributed by atoms with E-state index < -0.39 is 5.82 Å². The first-order valence-corrected chi connectivity index (χ1v) is 4.24. The maximum atomic E-state index is 13.3. The molecule has 0 aliphatic rings. The SMILES string of the molecule is COc1cc(F)c(CCO)cc1OC. The molecule has 0 aliphatic heterocycles. The van der Waals surface area contributed by atoms with Crippen LogP contribution in [0.4, 0.5) is 4.39 Å². The summed E-state index contributed by atoms with van der Waals surface area (Å²) in [6, 6.07) is 2.79.